The quantitative estimate of drug-likeness (QED) is 0.749. The lowest BCUT2D eigenvalue weighted by molar-refractivity contribution is 0.0304. The van der Waals surface area contributed by atoms with Crippen molar-refractivity contribution in [3.8, 4) is 11.1 Å². The van der Waals surface area contributed by atoms with Crippen LogP contribution in [0.2, 0.25) is 0 Å². The number of fused-ring (bicyclic) bond motifs is 1. The first-order chi connectivity index (χ1) is 14.2. The van der Waals surface area contributed by atoms with Crippen molar-refractivity contribution in [2.75, 3.05) is 13.1 Å². The molecule has 5 rings (SSSR count). The van der Waals surface area contributed by atoms with Crippen molar-refractivity contribution in [2.45, 2.75) is 25.0 Å². The minimum atomic E-state index is -0.450. The van der Waals surface area contributed by atoms with Gasteiger partial charge in [0.15, 0.2) is 0 Å². The zero-order chi connectivity index (χ0) is 19.8. The van der Waals surface area contributed by atoms with Gasteiger partial charge in [-0.15, -0.1) is 0 Å². The van der Waals surface area contributed by atoms with Crippen LogP contribution >= 0.6 is 0 Å². The number of carbonyl (C=O) groups excluding carboxylic acids is 1. The molecule has 6 nitrogen and oxygen atoms in total. The summed E-state index contributed by atoms with van der Waals surface area (Å²) in [6, 6.07) is 17.9. The van der Waals surface area contributed by atoms with Crippen molar-refractivity contribution in [3.63, 3.8) is 0 Å². The highest BCUT2D eigenvalue weighted by Gasteiger charge is 2.43. The minimum Gasteiger partial charge on any atom is -0.391 e. The maximum Gasteiger partial charge on any atom is 0.253 e. The molecule has 2 fully saturated rings. The third-order valence-corrected chi connectivity index (χ3v) is 6.39. The molecule has 0 bridgehead atoms. The minimum absolute atomic E-state index is 0.0600. The van der Waals surface area contributed by atoms with Crippen LogP contribution in [-0.2, 0) is 0 Å². The van der Waals surface area contributed by atoms with E-state index >= 15 is 0 Å². The molecule has 1 saturated heterocycles. The Hall–Kier alpha value is -2.99. The van der Waals surface area contributed by atoms with Gasteiger partial charge in [0.1, 0.15) is 12.7 Å². The lowest BCUT2D eigenvalue weighted by atomic mass is 9.77. The van der Waals surface area contributed by atoms with Gasteiger partial charge in [0, 0.05) is 18.7 Å². The molecule has 1 aliphatic heterocycles. The molecule has 2 aromatic carbocycles. The maximum atomic E-state index is 13.2. The standard InChI is InChI=1S/C23H24N4O2/c28-22-11-20-13-26(12-19(20)10-21(22)27-15-24-14-25-27)23(29)18-8-4-7-17(9-18)16-5-2-1-3-6-16/h1-9,14-15,19-22,28H,10-13H2/t19-,20+,21-,22-/m1/s1. The number of amides is 1. The van der Waals surface area contributed by atoms with Gasteiger partial charge in [-0.05, 0) is 47.9 Å². The molecule has 0 radical (unpaired) electrons. The van der Waals surface area contributed by atoms with Crippen LogP contribution in [0.25, 0.3) is 11.1 Å². The van der Waals surface area contributed by atoms with E-state index in [2.05, 4.69) is 22.2 Å². The van der Waals surface area contributed by atoms with E-state index < -0.39 is 6.10 Å². The lowest BCUT2D eigenvalue weighted by Gasteiger charge is -2.34. The smallest absolute Gasteiger partial charge is 0.253 e. The highest BCUT2D eigenvalue weighted by molar-refractivity contribution is 5.95. The van der Waals surface area contributed by atoms with Gasteiger partial charge in [-0.1, -0.05) is 42.5 Å². The summed E-state index contributed by atoms with van der Waals surface area (Å²) in [5.41, 5.74) is 2.88. The zero-order valence-electron chi connectivity index (χ0n) is 16.1. The average Bonchev–Trinajstić information content (AvgIpc) is 3.43. The van der Waals surface area contributed by atoms with Gasteiger partial charge >= 0.3 is 0 Å². The van der Waals surface area contributed by atoms with Crippen molar-refractivity contribution in [1.82, 2.24) is 19.7 Å². The number of aromatic nitrogens is 3. The summed E-state index contributed by atoms with van der Waals surface area (Å²) in [6.45, 7) is 1.44. The molecule has 2 aliphatic rings. The van der Waals surface area contributed by atoms with Crippen molar-refractivity contribution >= 4 is 5.91 Å². The Balaban J connectivity index is 1.32. The Bertz CT molecular complexity index is 989. The Morgan fingerprint density at radius 3 is 2.48 bits per heavy atom. The third-order valence-electron chi connectivity index (χ3n) is 6.39. The van der Waals surface area contributed by atoms with E-state index in [1.165, 1.54) is 6.33 Å². The number of hydrogen-bond donors (Lipinski definition) is 1. The molecule has 2 heterocycles. The number of hydrogen-bond acceptors (Lipinski definition) is 4. The summed E-state index contributed by atoms with van der Waals surface area (Å²) < 4.78 is 1.76. The van der Waals surface area contributed by atoms with E-state index in [0.717, 1.165) is 29.7 Å². The Morgan fingerprint density at radius 2 is 1.72 bits per heavy atom. The molecule has 1 saturated carbocycles. The van der Waals surface area contributed by atoms with Crippen LogP contribution < -0.4 is 0 Å². The molecular weight excluding hydrogens is 364 g/mol. The van der Waals surface area contributed by atoms with Gasteiger partial charge < -0.3 is 10.0 Å². The zero-order valence-corrected chi connectivity index (χ0v) is 16.1. The molecule has 6 heteroatoms. The number of likely N-dealkylation sites (tertiary alicyclic amines) is 1. The summed E-state index contributed by atoms with van der Waals surface area (Å²) in [7, 11) is 0. The largest absolute Gasteiger partial charge is 0.391 e. The van der Waals surface area contributed by atoms with Crippen LogP contribution in [0.5, 0.6) is 0 Å². The fraction of sp³-hybridized carbons (Fsp3) is 0.348. The first-order valence-electron chi connectivity index (χ1n) is 10.2. The highest BCUT2D eigenvalue weighted by atomic mass is 16.3. The van der Waals surface area contributed by atoms with Crippen molar-refractivity contribution in [2.24, 2.45) is 11.8 Å². The van der Waals surface area contributed by atoms with Gasteiger partial charge in [0.05, 0.1) is 12.1 Å². The Kier molecular flexibility index (Phi) is 4.64. The topological polar surface area (TPSA) is 71.2 Å². The van der Waals surface area contributed by atoms with Gasteiger partial charge in [-0.3, -0.25) is 4.79 Å². The predicted molar refractivity (Wildman–Crippen MR) is 109 cm³/mol. The third kappa shape index (κ3) is 3.44. The molecule has 29 heavy (non-hydrogen) atoms. The monoisotopic (exact) mass is 388 g/mol. The van der Waals surface area contributed by atoms with E-state index in [9.17, 15) is 9.90 Å². The first kappa shape index (κ1) is 18.1. The van der Waals surface area contributed by atoms with Gasteiger partial charge in [0.2, 0.25) is 0 Å². The first-order valence-corrected chi connectivity index (χ1v) is 10.2. The van der Waals surface area contributed by atoms with Crippen molar-refractivity contribution < 1.29 is 9.90 Å². The number of carbonyl (C=O) groups is 1. The Morgan fingerprint density at radius 1 is 0.966 bits per heavy atom. The molecular formula is C23H24N4O2. The summed E-state index contributed by atoms with van der Waals surface area (Å²) in [6.07, 6.45) is 4.24. The van der Waals surface area contributed by atoms with E-state index in [0.29, 0.717) is 24.8 Å². The van der Waals surface area contributed by atoms with E-state index in [-0.39, 0.29) is 11.9 Å². The van der Waals surface area contributed by atoms with Crippen molar-refractivity contribution in [1.29, 1.82) is 0 Å². The number of nitrogens with zero attached hydrogens (tertiary/aromatic N) is 4. The second kappa shape index (κ2) is 7.44. The molecule has 1 N–H and O–H groups in total. The number of aliphatic hydroxyl groups is 1. The number of benzene rings is 2. The van der Waals surface area contributed by atoms with Crippen molar-refractivity contribution in [3.05, 3.63) is 72.8 Å². The summed E-state index contributed by atoms with van der Waals surface area (Å²) in [5, 5.41) is 14.8. The van der Waals surface area contributed by atoms with Gasteiger partial charge in [0.25, 0.3) is 5.91 Å². The number of aliphatic hydroxyl groups excluding tert-OH is 1. The van der Waals surface area contributed by atoms with Gasteiger partial charge in [-0.25, -0.2) is 9.67 Å². The van der Waals surface area contributed by atoms with Gasteiger partial charge in [-0.2, -0.15) is 5.10 Å². The molecule has 4 atom stereocenters. The SMILES string of the molecule is O=C(c1cccc(-c2ccccc2)c1)N1C[C@H]2C[C@@H](n3cncn3)[C@H](O)C[C@H]2C1. The van der Waals surface area contributed by atoms with E-state index in [4.69, 9.17) is 0 Å². The average molecular weight is 388 g/mol. The molecule has 1 aliphatic carbocycles. The second-order valence-corrected chi connectivity index (χ2v) is 8.16. The van der Waals surface area contributed by atoms with Crippen LogP contribution in [0.3, 0.4) is 0 Å². The molecule has 1 aromatic heterocycles. The normalized spacial score (nSPS) is 26.3. The molecule has 0 unspecified atom stereocenters. The maximum absolute atomic E-state index is 13.2. The molecule has 1 amide bonds. The fourth-order valence-electron chi connectivity index (χ4n) is 4.89. The number of rotatable bonds is 3. The Labute approximate surface area is 169 Å². The van der Waals surface area contributed by atoms with Crippen LogP contribution in [0.15, 0.2) is 67.3 Å². The lowest BCUT2D eigenvalue weighted by Crippen LogP contribution is -2.36. The van der Waals surface area contributed by atoms with Crippen LogP contribution in [-0.4, -0.2) is 49.9 Å². The van der Waals surface area contributed by atoms with E-state index in [1.807, 2.05) is 47.4 Å². The second-order valence-electron chi connectivity index (χ2n) is 8.16. The molecule has 0 spiro atoms. The summed E-state index contributed by atoms with van der Waals surface area (Å²) in [5.74, 6) is 0.795. The molecule has 3 aromatic rings. The van der Waals surface area contributed by atoms with Crippen LogP contribution in [0.4, 0.5) is 0 Å². The summed E-state index contributed by atoms with van der Waals surface area (Å²) in [4.78, 5) is 19.2. The predicted octanol–water partition coefficient (Wildman–Crippen LogP) is 3.03. The summed E-state index contributed by atoms with van der Waals surface area (Å²) >= 11 is 0. The molecule has 148 valence electrons. The van der Waals surface area contributed by atoms with E-state index in [1.54, 1.807) is 11.0 Å². The fourth-order valence-corrected chi connectivity index (χ4v) is 4.89. The van der Waals surface area contributed by atoms with Crippen LogP contribution in [0, 0.1) is 11.8 Å². The van der Waals surface area contributed by atoms with Crippen LogP contribution in [0.1, 0.15) is 29.2 Å². The highest BCUT2D eigenvalue weighted by Crippen LogP contribution is 2.41.